The van der Waals surface area contributed by atoms with Gasteiger partial charge in [0, 0.05) is 0 Å². The van der Waals surface area contributed by atoms with Crippen LogP contribution in [0, 0.1) is 34.5 Å². The minimum atomic E-state index is -0.137. The van der Waals surface area contributed by atoms with Crippen molar-refractivity contribution in [1.29, 1.82) is 5.26 Å². The molecule has 136 valence electrons. The lowest BCUT2D eigenvalue weighted by atomic mass is 9.64. The molecule has 0 unspecified atom stereocenters. The standard InChI is InChI=1S/C23H39N/c1-3-5-6-7-8-16-23(19-24)17-14-22(15-18-23)21-12-10-20(9-4-2)11-13-21/h8,16,20-22H,3-7,9-15,17-18H2,1-2H3/t20?,21?,22-,23+. The van der Waals surface area contributed by atoms with Crippen molar-refractivity contribution in [3.05, 3.63) is 12.2 Å². The summed E-state index contributed by atoms with van der Waals surface area (Å²) in [4.78, 5) is 0. The predicted octanol–water partition coefficient (Wildman–Crippen LogP) is 7.43. The quantitative estimate of drug-likeness (QED) is 0.335. The maximum Gasteiger partial charge on any atom is 0.0753 e. The van der Waals surface area contributed by atoms with Crippen molar-refractivity contribution in [1.82, 2.24) is 0 Å². The minimum absolute atomic E-state index is 0.137. The van der Waals surface area contributed by atoms with Gasteiger partial charge in [0.25, 0.3) is 0 Å². The first kappa shape index (κ1) is 19.6. The number of hydrogen-bond acceptors (Lipinski definition) is 1. The normalized spacial score (nSPS) is 34.3. The highest BCUT2D eigenvalue weighted by Crippen LogP contribution is 2.46. The summed E-state index contributed by atoms with van der Waals surface area (Å²) in [6.45, 7) is 4.57. The Morgan fingerprint density at radius 1 is 0.917 bits per heavy atom. The molecule has 2 aliphatic carbocycles. The molecule has 2 saturated carbocycles. The Hall–Kier alpha value is -0.770. The summed E-state index contributed by atoms with van der Waals surface area (Å²) >= 11 is 0. The second-order valence-corrected chi connectivity index (χ2v) is 8.57. The van der Waals surface area contributed by atoms with Gasteiger partial charge in [-0.15, -0.1) is 0 Å². The van der Waals surface area contributed by atoms with E-state index in [0.717, 1.165) is 37.0 Å². The van der Waals surface area contributed by atoms with Crippen LogP contribution in [-0.4, -0.2) is 0 Å². The van der Waals surface area contributed by atoms with E-state index in [1.807, 2.05) is 0 Å². The van der Waals surface area contributed by atoms with Crippen LogP contribution in [-0.2, 0) is 0 Å². The number of hydrogen-bond donors (Lipinski definition) is 0. The third-order valence-electron chi connectivity index (χ3n) is 6.81. The lowest BCUT2D eigenvalue weighted by Gasteiger charge is -2.39. The van der Waals surface area contributed by atoms with Crippen LogP contribution in [0.2, 0.25) is 0 Å². The molecule has 1 heteroatoms. The van der Waals surface area contributed by atoms with Gasteiger partial charge in [-0.2, -0.15) is 5.26 Å². The molecule has 0 aromatic carbocycles. The summed E-state index contributed by atoms with van der Waals surface area (Å²) in [5.74, 6) is 2.88. The summed E-state index contributed by atoms with van der Waals surface area (Å²) in [6, 6.07) is 2.67. The van der Waals surface area contributed by atoms with E-state index in [9.17, 15) is 5.26 Å². The van der Waals surface area contributed by atoms with Gasteiger partial charge in [0.1, 0.15) is 0 Å². The van der Waals surface area contributed by atoms with Gasteiger partial charge in [0.2, 0.25) is 0 Å². The van der Waals surface area contributed by atoms with Gasteiger partial charge >= 0.3 is 0 Å². The highest BCUT2D eigenvalue weighted by atomic mass is 14.4. The highest BCUT2D eigenvalue weighted by Gasteiger charge is 2.36. The molecule has 0 heterocycles. The molecule has 0 N–H and O–H groups in total. The molecule has 2 rings (SSSR count). The zero-order chi connectivity index (χ0) is 17.3. The van der Waals surface area contributed by atoms with Crippen molar-refractivity contribution in [3.8, 4) is 6.07 Å². The molecule has 0 radical (unpaired) electrons. The Morgan fingerprint density at radius 3 is 2.17 bits per heavy atom. The molecule has 2 fully saturated rings. The first-order valence-corrected chi connectivity index (χ1v) is 10.8. The summed E-state index contributed by atoms with van der Waals surface area (Å²) in [5.41, 5.74) is -0.137. The molecule has 1 nitrogen and oxygen atoms in total. The Balaban J connectivity index is 1.76. The first-order chi connectivity index (χ1) is 11.7. The van der Waals surface area contributed by atoms with Gasteiger partial charge in [0.05, 0.1) is 11.5 Å². The summed E-state index contributed by atoms with van der Waals surface area (Å²) in [7, 11) is 0. The van der Waals surface area contributed by atoms with Gasteiger partial charge < -0.3 is 0 Å². The molecule has 0 amide bonds. The topological polar surface area (TPSA) is 23.8 Å². The largest absolute Gasteiger partial charge is 0.197 e. The summed E-state index contributed by atoms with van der Waals surface area (Å²) in [5, 5.41) is 9.73. The van der Waals surface area contributed by atoms with Crippen LogP contribution in [0.3, 0.4) is 0 Å². The average molecular weight is 330 g/mol. The monoisotopic (exact) mass is 329 g/mol. The fourth-order valence-electron chi connectivity index (χ4n) is 5.12. The zero-order valence-corrected chi connectivity index (χ0v) is 16.2. The molecular formula is C23H39N. The van der Waals surface area contributed by atoms with Gasteiger partial charge in [-0.25, -0.2) is 0 Å². The van der Waals surface area contributed by atoms with E-state index in [-0.39, 0.29) is 5.41 Å². The maximum atomic E-state index is 9.73. The SMILES string of the molecule is CCCCCC=C[C@]1(C#N)CC[C@@H](C2CCC(CCC)CC2)CC1. The van der Waals surface area contributed by atoms with E-state index in [1.54, 1.807) is 0 Å². The van der Waals surface area contributed by atoms with Crippen LogP contribution in [0.4, 0.5) is 0 Å². The lowest BCUT2D eigenvalue weighted by molar-refractivity contribution is 0.137. The molecule has 2 aliphatic rings. The molecule has 24 heavy (non-hydrogen) atoms. The van der Waals surface area contributed by atoms with Gasteiger partial charge in [-0.1, -0.05) is 64.5 Å². The number of allylic oxidation sites excluding steroid dienone is 2. The van der Waals surface area contributed by atoms with Crippen LogP contribution in [0.5, 0.6) is 0 Å². The van der Waals surface area contributed by atoms with Crippen LogP contribution < -0.4 is 0 Å². The Bertz CT molecular complexity index is 400. The second kappa shape index (κ2) is 10.3. The van der Waals surface area contributed by atoms with Crippen LogP contribution in [0.1, 0.15) is 104 Å². The predicted molar refractivity (Wildman–Crippen MR) is 104 cm³/mol. The molecule has 0 atom stereocenters. The van der Waals surface area contributed by atoms with E-state index in [2.05, 4.69) is 32.1 Å². The summed E-state index contributed by atoms with van der Waals surface area (Å²) in [6.07, 6.45) is 23.0. The van der Waals surface area contributed by atoms with Gasteiger partial charge in [0.15, 0.2) is 0 Å². The maximum absolute atomic E-state index is 9.73. The number of rotatable bonds is 8. The first-order valence-electron chi connectivity index (χ1n) is 10.8. The van der Waals surface area contributed by atoms with Crippen molar-refractivity contribution < 1.29 is 0 Å². The van der Waals surface area contributed by atoms with Crippen molar-refractivity contribution in [3.63, 3.8) is 0 Å². The number of nitriles is 1. The van der Waals surface area contributed by atoms with E-state index < -0.39 is 0 Å². The Labute approximate surface area is 150 Å². The van der Waals surface area contributed by atoms with E-state index in [1.165, 1.54) is 70.6 Å². The van der Waals surface area contributed by atoms with Gasteiger partial charge in [-0.05, 0) is 69.1 Å². The van der Waals surface area contributed by atoms with Crippen molar-refractivity contribution >= 4 is 0 Å². The van der Waals surface area contributed by atoms with Crippen LogP contribution in [0.15, 0.2) is 12.2 Å². The number of nitrogens with zero attached hydrogens (tertiary/aromatic N) is 1. The van der Waals surface area contributed by atoms with Gasteiger partial charge in [-0.3, -0.25) is 0 Å². The van der Waals surface area contributed by atoms with E-state index in [4.69, 9.17) is 0 Å². The van der Waals surface area contributed by atoms with E-state index in [0.29, 0.717) is 0 Å². The number of unbranched alkanes of at least 4 members (excludes halogenated alkanes) is 3. The van der Waals surface area contributed by atoms with Crippen molar-refractivity contribution in [2.75, 3.05) is 0 Å². The molecule has 0 aliphatic heterocycles. The third-order valence-corrected chi connectivity index (χ3v) is 6.81. The van der Waals surface area contributed by atoms with Crippen molar-refractivity contribution in [2.24, 2.45) is 23.2 Å². The molecule has 0 saturated heterocycles. The molecular weight excluding hydrogens is 290 g/mol. The fourth-order valence-corrected chi connectivity index (χ4v) is 5.12. The molecule has 0 aromatic rings. The fraction of sp³-hybridized carbons (Fsp3) is 0.870. The minimum Gasteiger partial charge on any atom is -0.197 e. The van der Waals surface area contributed by atoms with Crippen LogP contribution in [0.25, 0.3) is 0 Å². The highest BCUT2D eigenvalue weighted by molar-refractivity contribution is 5.14. The second-order valence-electron chi connectivity index (χ2n) is 8.57. The third kappa shape index (κ3) is 5.65. The summed E-state index contributed by atoms with van der Waals surface area (Å²) < 4.78 is 0. The molecule has 0 bridgehead atoms. The Morgan fingerprint density at radius 2 is 1.58 bits per heavy atom. The zero-order valence-electron chi connectivity index (χ0n) is 16.2. The van der Waals surface area contributed by atoms with Crippen LogP contribution >= 0.6 is 0 Å². The lowest BCUT2D eigenvalue weighted by Crippen LogP contribution is -2.30. The van der Waals surface area contributed by atoms with E-state index >= 15 is 0 Å². The molecule has 0 spiro atoms. The van der Waals surface area contributed by atoms with Crippen molar-refractivity contribution in [2.45, 2.75) is 104 Å². The average Bonchev–Trinajstić information content (AvgIpc) is 2.63. The molecule has 0 aromatic heterocycles. The smallest absolute Gasteiger partial charge is 0.0753 e. The Kier molecular flexibility index (Phi) is 8.37.